The first-order valence-corrected chi connectivity index (χ1v) is 5.92. The van der Waals surface area contributed by atoms with Gasteiger partial charge in [0.2, 0.25) is 0 Å². The number of amides is 1. The molecular formula is C13H18N2O2. The Kier molecular flexibility index (Phi) is 4.12. The number of carbonyl (C=O) groups is 1. The third kappa shape index (κ3) is 3.05. The van der Waals surface area contributed by atoms with Crippen LogP contribution in [0.5, 0.6) is 0 Å². The Balaban J connectivity index is 2.04. The van der Waals surface area contributed by atoms with Crippen LogP contribution in [0.25, 0.3) is 0 Å². The van der Waals surface area contributed by atoms with Gasteiger partial charge in [0.15, 0.2) is 0 Å². The zero-order chi connectivity index (χ0) is 12.1. The van der Waals surface area contributed by atoms with Crippen molar-refractivity contribution in [1.82, 2.24) is 10.6 Å². The molecule has 0 atom stereocenters. The van der Waals surface area contributed by atoms with E-state index in [4.69, 9.17) is 4.74 Å². The lowest BCUT2D eigenvalue weighted by Gasteiger charge is -2.27. The molecule has 1 aliphatic heterocycles. The van der Waals surface area contributed by atoms with Gasteiger partial charge in [0.1, 0.15) is 0 Å². The predicted octanol–water partition coefficient (Wildman–Crippen LogP) is 0.577. The van der Waals surface area contributed by atoms with Crippen LogP contribution in [0.3, 0.4) is 0 Å². The molecule has 1 fully saturated rings. The van der Waals surface area contributed by atoms with Crippen LogP contribution in [0.4, 0.5) is 0 Å². The molecule has 4 heteroatoms. The van der Waals surface area contributed by atoms with Crippen LogP contribution in [0, 0.1) is 0 Å². The van der Waals surface area contributed by atoms with Crippen molar-refractivity contribution in [1.29, 1.82) is 0 Å². The molecule has 1 aromatic rings. The van der Waals surface area contributed by atoms with Gasteiger partial charge in [0.25, 0.3) is 5.91 Å². The van der Waals surface area contributed by atoms with Gasteiger partial charge in [-0.1, -0.05) is 18.2 Å². The van der Waals surface area contributed by atoms with Crippen molar-refractivity contribution >= 4 is 5.91 Å². The van der Waals surface area contributed by atoms with Crippen LogP contribution in [-0.4, -0.2) is 38.8 Å². The molecule has 92 valence electrons. The topological polar surface area (TPSA) is 50.4 Å². The van der Waals surface area contributed by atoms with Crippen LogP contribution in [-0.2, 0) is 11.2 Å². The van der Waals surface area contributed by atoms with Gasteiger partial charge in [0, 0.05) is 5.56 Å². The van der Waals surface area contributed by atoms with Crippen molar-refractivity contribution < 1.29 is 9.53 Å². The molecule has 1 saturated heterocycles. The number of ether oxygens (including phenoxy) is 1. The maximum Gasteiger partial charge on any atom is 0.251 e. The lowest BCUT2D eigenvalue weighted by molar-refractivity contribution is -0.00347. The van der Waals surface area contributed by atoms with E-state index in [1.165, 1.54) is 0 Å². The highest BCUT2D eigenvalue weighted by atomic mass is 16.5. The van der Waals surface area contributed by atoms with Crippen molar-refractivity contribution in [3.63, 3.8) is 0 Å². The zero-order valence-corrected chi connectivity index (χ0v) is 10.0. The summed E-state index contributed by atoms with van der Waals surface area (Å²) in [5.74, 6) is 0.00463. The van der Waals surface area contributed by atoms with Crippen molar-refractivity contribution in [3.05, 3.63) is 35.4 Å². The van der Waals surface area contributed by atoms with E-state index in [0.29, 0.717) is 13.2 Å². The van der Waals surface area contributed by atoms with Crippen LogP contribution >= 0.6 is 0 Å². The molecule has 1 amide bonds. The Morgan fingerprint density at radius 3 is 2.82 bits per heavy atom. The second kappa shape index (κ2) is 5.80. The molecule has 4 nitrogen and oxygen atoms in total. The van der Waals surface area contributed by atoms with E-state index in [2.05, 4.69) is 10.6 Å². The van der Waals surface area contributed by atoms with E-state index < -0.39 is 0 Å². The number of likely N-dealkylation sites (N-methyl/N-ethyl adjacent to an activating group) is 1. The lowest BCUT2D eigenvalue weighted by atomic mass is 10.0. The van der Waals surface area contributed by atoms with Gasteiger partial charge in [-0.3, -0.25) is 4.79 Å². The van der Waals surface area contributed by atoms with Crippen molar-refractivity contribution in [2.45, 2.75) is 12.5 Å². The van der Waals surface area contributed by atoms with Gasteiger partial charge >= 0.3 is 0 Å². The molecular weight excluding hydrogens is 216 g/mol. The summed E-state index contributed by atoms with van der Waals surface area (Å²) in [6.07, 6.45) is 0.862. The molecule has 17 heavy (non-hydrogen) atoms. The molecule has 0 aromatic heterocycles. The SMILES string of the molecule is CNCCc1ccccc1C(=O)NC1COC1. The summed E-state index contributed by atoms with van der Waals surface area (Å²) < 4.78 is 5.04. The Morgan fingerprint density at radius 2 is 2.18 bits per heavy atom. The molecule has 0 unspecified atom stereocenters. The summed E-state index contributed by atoms with van der Waals surface area (Å²) in [7, 11) is 1.91. The maximum absolute atomic E-state index is 12.0. The minimum absolute atomic E-state index is 0.00463. The Labute approximate surface area is 101 Å². The first-order chi connectivity index (χ1) is 8.31. The van der Waals surface area contributed by atoms with Crippen molar-refractivity contribution in [2.75, 3.05) is 26.8 Å². The number of benzene rings is 1. The van der Waals surface area contributed by atoms with Crippen LogP contribution in [0.2, 0.25) is 0 Å². The third-order valence-electron chi connectivity index (χ3n) is 2.88. The van der Waals surface area contributed by atoms with Crippen LogP contribution in [0.1, 0.15) is 15.9 Å². The second-order valence-electron chi connectivity index (χ2n) is 4.22. The standard InChI is InChI=1S/C13H18N2O2/c1-14-7-6-10-4-2-3-5-12(10)13(16)15-11-8-17-9-11/h2-5,11,14H,6-9H2,1H3,(H,15,16). The minimum atomic E-state index is 0.00463. The van der Waals surface area contributed by atoms with E-state index in [1.54, 1.807) is 0 Å². The molecule has 0 saturated carbocycles. The molecule has 1 heterocycles. The highest BCUT2D eigenvalue weighted by Gasteiger charge is 2.21. The minimum Gasteiger partial charge on any atom is -0.377 e. The molecule has 0 aliphatic carbocycles. The highest BCUT2D eigenvalue weighted by Crippen LogP contribution is 2.10. The second-order valence-corrected chi connectivity index (χ2v) is 4.22. The normalized spacial score (nSPS) is 15.4. The van der Waals surface area contributed by atoms with E-state index in [-0.39, 0.29) is 11.9 Å². The van der Waals surface area contributed by atoms with Gasteiger partial charge in [-0.25, -0.2) is 0 Å². The number of hydrogen-bond acceptors (Lipinski definition) is 3. The zero-order valence-electron chi connectivity index (χ0n) is 10.0. The number of rotatable bonds is 5. The summed E-state index contributed by atoms with van der Waals surface area (Å²) >= 11 is 0. The first-order valence-electron chi connectivity index (χ1n) is 5.92. The Bertz CT molecular complexity index is 389. The lowest BCUT2D eigenvalue weighted by Crippen LogP contribution is -2.48. The number of hydrogen-bond donors (Lipinski definition) is 2. The number of nitrogens with one attached hydrogen (secondary N) is 2. The predicted molar refractivity (Wildman–Crippen MR) is 66.1 cm³/mol. The fourth-order valence-electron chi connectivity index (χ4n) is 1.80. The molecule has 0 spiro atoms. The quantitative estimate of drug-likeness (QED) is 0.783. The monoisotopic (exact) mass is 234 g/mol. The largest absolute Gasteiger partial charge is 0.377 e. The summed E-state index contributed by atoms with van der Waals surface area (Å²) in [4.78, 5) is 12.0. The molecule has 0 bridgehead atoms. The third-order valence-corrected chi connectivity index (χ3v) is 2.88. The average molecular weight is 234 g/mol. The maximum atomic E-state index is 12.0. The highest BCUT2D eigenvalue weighted by molar-refractivity contribution is 5.95. The molecule has 2 rings (SSSR count). The van der Waals surface area contributed by atoms with E-state index in [9.17, 15) is 4.79 Å². The van der Waals surface area contributed by atoms with E-state index in [1.807, 2.05) is 31.3 Å². The fourth-order valence-corrected chi connectivity index (χ4v) is 1.80. The molecule has 0 radical (unpaired) electrons. The number of carbonyl (C=O) groups excluding carboxylic acids is 1. The molecule has 2 N–H and O–H groups in total. The van der Waals surface area contributed by atoms with Gasteiger partial charge < -0.3 is 15.4 Å². The summed E-state index contributed by atoms with van der Waals surface area (Å²) in [5.41, 5.74) is 1.86. The van der Waals surface area contributed by atoms with E-state index in [0.717, 1.165) is 24.1 Å². The van der Waals surface area contributed by atoms with E-state index >= 15 is 0 Å². The molecule has 1 aliphatic rings. The summed E-state index contributed by atoms with van der Waals surface area (Å²) in [6, 6.07) is 7.92. The van der Waals surface area contributed by atoms with Gasteiger partial charge in [-0.2, -0.15) is 0 Å². The average Bonchev–Trinajstić information content (AvgIpc) is 2.31. The molecule has 1 aromatic carbocycles. The van der Waals surface area contributed by atoms with Crippen molar-refractivity contribution in [2.24, 2.45) is 0 Å². The van der Waals surface area contributed by atoms with Gasteiger partial charge in [-0.05, 0) is 31.6 Å². The fraction of sp³-hybridized carbons (Fsp3) is 0.462. The first kappa shape index (κ1) is 12.1. The Hall–Kier alpha value is -1.39. The van der Waals surface area contributed by atoms with Gasteiger partial charge in [-0.15, -0.1) is 0 Å². The summed E-state index contributed by atoms with van der Waals surface area (Å²) in [6.45, 7) is 2.13. The smallest absolute Gasteiger partial charge is 0.251 e. The van der Waals surface area contributed by atoms with Gasteiger partial charge in [0.05, 0.1) is 19.3 Å². The van der Waals surface area contributed by atoms with Crippen LogP contribution in [0.15, 0.2) is 24.3 Å². The van der Waals surface area contributed by atoms with Crippen molar-refractivity contribution in [3.8, 4) is 0 Å². The Morgan fingerprint density at radius 1 is 1.41 bits per heavy atom. The summed E-state index contributed by atoms with van der Waals surface area (Å²) in [5, 5.41) is 6.06. The van der Waals surface area contributed by atoms with Crippen LogP contribution < -0.4 is 10.6 Å².